The summed E-state index contributed by atoms with van der Waals surface area (Å²) in [6.45, 7) is 2.62. The summed E-state index contributed by atoms with van der Waals surface area (Å²) in [4.78, 5) is 19.5. The minimum Gasteiger partial charge on any atom is -0.364 e. The summed E-state index contributed by atoms with van der Waals surface area (Å²) in [6.07, 6.45) is 3.15. The van der Waals surface area contributed by atoms with Crippen molar-refractivity contribution in [3.8, 4) is 11.1 Å². The van der Waals surface area contributed by atoms with Crippen LogP contribution in [0.4, 0.5) is 0 Å². The van der Waals surface area contributed by atoms with E-state index >= 15 is 0 Å². The van der Waals surface area contributed by atoms with Gasteiger partial charge in [0.15, 0.2) is 0 Å². The number of amides is 1. The zero-order chi connectivity index (χ0) is 20.1. The van der Waals surface area contributed by atoms with Gasteiger partial charge in [0, 0.05) is 12.7 Å². The van der Waals surface area contributed by atoms with Crippen LogP contribution in [0.5, 0.6) is 0 Å². The maximum Gasteiger partial charge on any atom is 0.259 e. The third-order valence-corrected chi connectivity index (χ3v) is 4.81. The van der Waals surface area contributed by atoms with E-state index in [4.69, 9.17) is 4.52 Å². The van der Waals surface area contributed by atoms with Gasteiger partial charge in [-0.1, -0.05) is 65.8 Å². The van der Waals surface area contributed by atoms with Crippen molar-refractivity contribution < 1.29 is 9.32 Å². The summed E-state index contributed by atoms with van der Waals surface area (Å²) < 4.78 is 5.00. The second-order valence-corrected chi connectivity index (χ2v) is 6.82. The molecule has 0 unspecified atom stereocenters. The lowest BCUT2D eigenvalue weighted by Gasteiger charge is -2.23. The molecule has 144 valence electrons. The van der Waals surface area contributed by atoms with Crippen LogP contribution in [0.15, 0.2) is 89.8 Å². The Labute approximate surface area is 169 Å². The molecule has 0 N–H and O–H groups in total. The normalized spacial score (nSPS) is 10.7. The second kappa shape index (κ2) is 8.52. The van der Waals surface area contributed by atoms with Crippen molar-refractivity contribution in [2.24, 2.45) is 0 Å². The molecule has 0 bridgehead atoms. The van der Waals surface area contributed by atoms with Crippen molar-refractivity contribution in [1.82, 2.24) is 15.0 Å². The van der Waals surface area contributed by atoms with Crippen LogP contribution >= 0.6 is 0 Å². The molecule has 0 fully saturated rings. The van der Waals surface area contributed by atoms with Gasteiger partial charge in [-0.15, -0.1) is 0 Å². The summed E-state index contributed by atoms with van der Waals surface area (Å²) in [6, 6.07) is 24.0. The molecule has 5 nitrogen and oxygen atoms in total. The van der Waals surface area contributed by atoms with Crippen molar-refractivity contribution in [3.05, 3.63) is 108 Å². The van der Waals surface area contributed by atoms with Gasteiger partial charge in [-0.2, -0.15) is 0 Å². The van der Waals surface area contributed by atoms with E-state index in [0.717, 1.165) is 22.4 Å². The van der Waals surface area contributed by atoms with Gasteiger partial charge in [0.1, 0.15) is 11.8 Å². The molecule has 0 aliphatic heterocycles. The van der Waals surface area contributed by atoms with Crippen molar-refractivity contribution in [1.29, 1.82) is 0 Å². The highest BCUT2D eigenvalue weighted by atomic mass is 16.5. The maximum atomic E-state index is 13.3. The first kappa shape index (κ1) is 18.6. The molecule has 0 saturated heterocycles. The molecular formula is C24H21N3O2. The Bertz CT molecular complexity index is 1090. The Hall–Kier alpha value is -3.73. The van der Waals surface area contributed by atoms with E-state index in [2.05, 4.69) is 34.4 Å². The Morgan fingerprint density at radius 3 is 2.41 bits per heavy atom. The topological polar surface area (TPSA) is 59.2 Å². The SMILES string of the molecule is Cc1nocc1C(=O)N(Cc1ccccn1)Cc1ccccc1-c1ccccc1. The van der Waals surface area contributed by atoms with Gasteiger partial charge < -0.3 is 9.42 Å². The van der Waals surface area contributed by atoms with Crippen LogP contribution in [0, 0.1) is 6.92 Å². The largest absolute Gasteiger partial charge is 0.364 e. The highest BCUT2D eigenvalue weighted by Crippen LogP contribution is 2.26. The number of benzene rings is 2. The van der Waals surface area contributed by atoms with E-state index < -0.39 is 0 Å². The van der Waals surface area contributed by atoms with Gasteiger partial charge in [0.05, 0.1) is 17.9 Å². The van der Waals surface area contributed by atoms with E-state index in [9.17, 15) is 4.79 Å². The van der Waals surface area contributed by atoms with Crippen LogP contribution in [0.1, 0.15) is 27.3 Å². The van der Waals surface area contributed by atoms with Crippen LogP contribution in [0.2, 0.25) is 0 Å². The lowest BCUT2D eigenvalue weighted by atomic mass is 9.99. The van der Waals surface area contributed by atoms with Crippen LogP contribution in [0.3, 0.4) is 0 Å². The lowest BCUT2D eigenvalue weighted by molar-refractivity contribution is 0.0726. The van der Waals surface area contributed by atoms with Gasteiger partial charge in [-0.25, -0.2) is 0 Å². The average molecular weight is 383 g/mol. The zero-order valence-corrected chi connectivity index (χ0v) is 16.2. The van der Waals surface area contributed by atoms with Gasteiger partial charge >= 0.3 is 0 Å². The molecular weight excluding hydrogens is 362 g/mol. The molecule has 4 aromatic rings. The van der Waals surface area contributed by atoms with E-state index in [1.807, 2.05) is 48.5 Å². The number of aryl methyl sites for hydroxylation is 1. The fraction of sp³-hybridized carbons (Fsp3) is 0.125. The monoisotopic (exact) mass is 383 g/mol. The molecule has 0 saturated carbocycles. The number of hydrogen-bond acceptors (Lipinski definition) is 4. The molecule has 0 aliphatic carbocycles. The quantitative estimate of drug-likeness (QED) is 0.476. The van der Waals surface area contributed by atoms with Crippen LogP contribution in [0.25, 0.3) is 11.1 Å². The second-order valence-electron chi connectivity index (χ2n) is 6.82. The molecule has 0 atom stereocenters. The summed E-state index contributed by atoms with van der Waals surface area (Å²) in [7, 11) is 0. The predicted octanol–water partition coefficient (Wildman–Crippen LogP) is 4.89. The molecule has 5 heteroatoms. The smallest absolute Gasteiger partial charge is 0.259 e. The molecule has 0 spiro atoms. The van der Waals surface area contributed by atoms with Crippen LogP contribution < -0.4 is 0 Å². The standard InChI is InChI=1S/C24H21N3O2/c1-18-23(17-29-26-18)24(28)27(16-21-12-7-8-14-25-21)15-20-11-5-6-13-22(20)19-9-3-2-4-10-19/h2-14,17H,15-16H2,1H3. The number of carbonyl (C=O) groups is 1. The van der Waals surface area contributed by atoms with Crippen LogP contribution in [-0.4, -0.2) is 20.9 Å². The molecule has 4 rings (SSSR count). The van der Waals surface area contributed by atoms with Gasteiger partial charge in [0.25, 0.3) is 5.91 Å². The van der Waals surface area contributed by atoms with Crippen molar-refractivity contribution in [2.75, 3.05) is 0 Å². The Balaban J connectivity index is 1.69. The van der Waals surface area contributed by atoms with E-state index in [1.54, 1.807) is 18.0 Å². The van der Waals surface area contributed by atoms with E-state index in [1.165, 1.54) is 6.26 Å². The maximum absolute atomic E-state index is 13.3. The minimum atomic E-state index is -0.128. The average Bonchev–Trinajstić information content (AvgIpc) is 3.20. The third-order valence-electron chi connectivity index (χ3n) is 4.81. The Kier molecular flexibility index (Phi) is 5.47. The first-order valence-corrected chi connectivity index (χ1v) is 9.46. The fourth-order valence-electron chi connectivity index (χ4n) is 3.32. The summed E-state index contributed by atoms with van der Waals surface area (Å²) in [5, 5.41) is 3.86. The molecule has 1 amide bonds. The van der Waals surface area contributed by atoms with Gasteiger partial charge in [-0.05, 0) is 35.7 Å². The highest BCUT2D eigenvalue weighted by molar-refractivity contribution is 5.94. The number of pyridine rings is 1. The number of hydrogen-bond donors (Lipinski definition) is 0. The minimum absolute atomic E-state index is 0.128. The predicted molar refractivity (Wildman–Crippen MR) is 111 cm³/mol. The van der Waals surface area contributed by atoms with Crippen LogP contribution in [-0.2, 0) is 13.1 Å². The Morgan fingerprint density at radius 1 is 0.931 bits per heavy atom. The molecule has 2 aromatic carbocycles. The van der Waals surface area contributed by atoms with Crippen molar-refractivity contribution in [2.45, 2.75) is 20.0 Å². The number of rotatable bonds is 6. The van der Waals surface area contributed by atoms with Crippen molar-refractivity contribution in [3.63, 3.8) is 0 Å². The summed E-state index contributed by atoms with van der Waals surface area (Å²) >= 11 is 0. The number of carbonyl (C=O) groups excluding carboxylic acids is 1. The van der Waals surface area contributed by atoms with Crippen molar-refractivity contribution >= 4 is 5.91 Å². The van der Waals surface area contributed by atoms with E-state index in [-0.39, 0.29) is 5.91 Å². The molecule has 29 heavy (non-hydrogen) atoms. The molecule has 2 aromatic heterocycles. The number of aromatic nitrogens is 2. The third kappa shape index (κ3) is 4.24. The highest BCUT2D eigenvalue weighted by Gasteiger charge is 2.22. The van der Waals surface area contributed by atoms with Gasteiger partial charge in [-0.3, -0.25) is 9.78 Å². The summed E-state index contributed by atoms with van der Waals surface area (Å²) in [5.74, 6) is -0.128. The first-order valence-electron chi connectivity index (χ1n) is 9.46. The first-order chi connectivity index (χ1) is 14.2. The molecule has 0 aliphatic rings. The molecule has 2 heterocycles. The van der Waals surface area contributed by atoms with E-state index in [0.29, 0.717) is 24.3 Å². The molecule has 0 radical (unpaired) electrons. The lowest BCUT2D eigenvalue weighted by Crippen LogP contribution is -2.31. The Morgan fingerprint density at radius 2 is 1.69 bits per heavy atom. The summed E-state index contributed by atoms with van der Waals surface area (Å²) in [5.41, 5.74) is 5.17. The van der Waals surface area contributed by atoms with Gasteiger partial charge in [0.2, 0.25) is 0 Å². The zero-order valence-electron chi connectivity index (χ0n) is 16.2. The fourth-order valence-corrected chi connectivity index (χ4v) is 3.32. The number of nitrogens with zero attached hydrogens (tertiary/aromatic N) is 3.